The molecule has 0 atom stereocenters. The number of amides is 1. The molecule has 0 N–H and O–H groups in total. The van der Waals surface area contributed by atoms with E-state index in [-0.39, 0.29) is 5.92 Å². The van der Waals surface area contributed by atoms with Crippen LogP contribution in [0, 0.1) is 5.92 Å². The number of carbonyl (C=O) groups is 1. The average molecular weight is 359 g/mol. The summed E-state index contributed by atoms with van der Waals surface area (Å²) in [5, 5.41) is 1.48. The summed E-state index contributed by atoms with van der Waals surface area (Å²) >= 11 is 6.45. The fourth-order valence-corrected chi connectivity index (χ4v) is 3.97. The molecular formula is C20H23ClN2O2. The van der Waals surface area contributed by atoms with Crippen molar-refractivity contribution in [2.75, 3.05) is 7.11 Å². The molecule has 1 aromatic carbocycles. The Labute approximate surface area is 153 Å². The first kappa shape index (κ1) is 16.6. The third-order valence-electron chi connectivity index (χ3n) is 5.36. The summed E-state index contributed by atoms with van der Waals surface area (Å²) in [7, 11) is 1.65. The van der Waals surface area contributed by atoms with Crippen LogP contribution in [0.3, 0.4) is 0 Å². The highest BCUT2D eigenvalue weighted by Crippen LogP contribution is 2.36. The molecule has 5 heteroatoms. The first-order valence-corrected chi connectivity index (χ1v) is 9.47. The minimum Gasteiger partial charge on any atom is -0.497 e. The van der Waals surface area contributed by atoms with Crippen LogP contribution in [0.25, 0.3) is 10.9 Å². The molecule has 4 nitrogen and oxygen atoms in total. The maximum absolute atomic E-state index is 12.8. The van der Waals surface area contributed by atoms with Crippen molar-refractivity contribution in [3.05, 3.63) is 35.0 Å². The lowest BCUT2D eigenvalue weighted by atomic mass is 10.1. The number of aromatic nitrogens is 1. The van der Waals surface area contributed by atoms with Crippen LogP contribution in [0.4, 0.5) is 0 Å². The Morgan fingerprint density at radius 1 is 1.24 bits per heavy atom. The molecule has 2 aliphatic rings. The molecule has 0 saturated heterocycles. The van der Waals surface area contributed by atoms with Crippen LogP contribution in [0.1, 0.15) is 44.1 Å². The van der Waals surface area contributed by atoms with Gasteiger partial charge in [0, 0.05) is 29.5 Å². The van der Waals surface area contributed by atoms with E-state index in [1.807, 2.05) is 18.2 Å². The van der Waals surface area contributed by atoms with Gasteiger partial charge in [-0.25, -0.2) is 4.98 Å². The Morgan fingerprint density at radius 2 is 2.00 bits per heavy atom. The van der Waals surface area contributed by atoms with Crippen molar-refractivity contribution in [3.8, 4) is 5.75 Å². The predicted molar refractivity (Wildman–Crippen MR) is 98.8 cm³/mol. The van der Waals surface area contributed by atoms with Crippen LogP contribution < -0.4 is 4.74 Å². The van der Waals surface area contributed by atoms with Crippen LogP contribution in [0.5, 0.6) is 5.75 Å². The van der Waals surface area contributed by atoms with Gasteiger partial charge >= 0.3 is 0 Å². The molecule has 4 rings (SSSR count). The van der Waals surface area contributed by atoms with Crippen molar-refractivity contribution in [1.82, 2.24) is 9.88 Å². The molecule has 0 radical (unpaired) electrons. The van der Waals surface area contributed by atoms with Gasteiger partial charge in [0.15, 0.2) is 0 Å². The van der Waals surface area contributed by atoms with Gasteiger partial charge in [0.2, 0.25) is 5.91 Å². The van der Waals surface area contributed by atoms with E-state index in [1.54, 1.807) is 7.11 Å². The molecule has 0 aliphatic heterocycles. The van der Waals surface area contributed by atoms with Crippen LogP contribution in [0.15, 0.2) is 24.3 Å². The van der Waals surface area contributed by atoms with Gasteiger partial charge in [0.05, 0.1) is 12.6 Å². The topological polar surface area (TPSA) is 42.4 Å². The summed E-state index contributed by atoms with van der Waals surface area (Å²) < 4.78 is 5.31. The second kappa shape index (κ2) is 6.83. The molecule has 132 valence electrons. The Hall–Kier alpha value is -1.81. The van der Waals surface area contributed by atoms with E-state index in [9.17, 15) is 4.79 Å². The number of halogens is 1. The van der Waals surface area contributed by atoms with Gasteiger partial charge in [-0.15, -0.1) is 0 Å². The zero-order valence-corrected chi connectivity index (χ0v) is 15.3. The number of hydrogen-bond acceptors (Lipinski definition) is 3. The van der Waals surface area contributed by atoms with E-state index in [2.05, 4.69) is 16.0 Å². The van der Waals surface area contributed by atoms with E-state index in [0.717, 1.165) is 47.9 Å². The summed E-state index contributed by atoms with van der Waals surface area (Å²) in [6.07, 6.45) is 6.68. The van der Waals surface area contributed by atoms with Crippen molar-refractivity contribution in [2.45, 2.75) is 51.1 Å². The molecule has 0 unspecified atom stereocenters. The summed E-state index contributed by atoms with van der Waals surface area (Å²) in [5.74, 6) is 1.32. The monoisotopic (exact) mass is 358 g/mol. The SMILES string of the molecule is COc1ccc2nc(Cl)c(CN(C(=O)C3CC3)C3CCCC3)cc2c1. The Balaban J connectivity index is 1.66. The highest BCUT2D eigenvalue weighted by Gasteiger charge is 2.37. The molecule has 2 saturated carbocycles. The number of hydrogen-bond donors (Lipinski definition) is 0. The first-order valence-electron chi connectivity index (χ1n) is 9.09. The van der Waals surface area contributed by atoms with Gasteiger partial charge in [-0.1, -0.05) is 24.4 Å². The van der Waals surface area contributed by atoms with Crippen LogP contribution >= 0.6 is 11.6 Å². The molecule has 2 fully saturated rings. The minimum absolute atomic E-state index is 0.230. The lowest BCUT2D eigenvalue weighted by molar-refractivity contribution is -0.135. The van der Waals surface area contributed by atoms with E-state index in [1.165, 1.54) is 12.8 Å². The molecule has 2 aliphatic carbocycles. The van der Waals surface area contributed by atoms with Gasteiger partial charge in [0.25, 0.3) is 0 Å². The number of nitrogens with zero attached hydrogens (tertiary/aromatic N) is 2. The second-order valence-electron chi connectivity index (χ2n) is 7.18. The molecule has 1 heterocycles. The number of methoxy groups -OCH3 is 1. The van der Waals surface area contributed by atoms with E-state index in [4.69, 9.17) is 16.3 Å². The number of ether oxygens (including phenoxy) is 1. The summed E-state index contributed by atoms with van der Waals surface area (Å²) in [5.41, 5.74) is 1.76. The van der Waals surface area contributed by atoms with Crippen molar-refractivity contribution in [3.63, 3.8) is 0 Å². The third kappa shape index (κ3) is 3.45. The number of rotatable bonds is 5. The Morgan fingerprint density at radius 3 is 2.68 bits per heavy atom. The van der Waals surface area contributed by atoms with Gasteiger partial charge in [-0.3, -0.25) is 4.79 Å². The highest BCUT2D eigenvalue weighted by molar-refractivity contribution is 6.30. The van der Waals surface area contributed by atoms with Crippen LogP contribution in [0.2, 0.25) is 5.15 Å². The standard InChI is InChI=1S/C20H23ClN2O2/c1-25-17-8-9-18-14(11-17)10-15(19(21)22-18)12-23(16-4-2-3-5-16)20(24)13-6-7-13/h8-11,13,16H,2-7,12H2,1H3. The predicted octanol–water partition coefficient (Wildman–Crippen LogP) is 4.58. The van der Waals surface area contributed by atoms with Crippen molar-refractivity contribution >= 4 is 28.4 Å². The highest BCUT2D eigenvalue weighted by atomic mass is 35.5. The van der Waals surface area contributed by atoms with E-state index < -0.39 is 0 Å². The molecule has 25 heavy (non-hydrogen) atoms. The van der Waals surface area contributed by atoms with Crippen molar-refractivity contribution in [2.24, 2.45) is 5.92 Å². The quantitative estimate of drug-likeness (QED) is 0.735. The molecule has 0 bridgehead atoms. The number of benzene rings is 1. The van der Waals surface area contributed by atoms with Crippen molar-refractivity contribution < 1.29 is 9.53 Å². The molecular weight excluding hydrogens is 336 g/mol. The average Bonchev–Trinajstić information content (AvgIpc) is 3.34. The molecule has 1 aromatic heterocycles. The lowest BCUT2D eigenvalue weighted by Gasteiger charge is -2.29. The molecule has 2 aromatic rings. The van der Waals surface area contributed by atoms with Crippen molar-refractivity contribution in [1.29, 1.82) is 0 Å². The van der Waals surface area contributed by atoms with Gasteiger partial charge in [0.1, 0.15) is 10.9 Å². The van der Waals surface area contributed by atoms with Crippen LogP contribution in [-0.2, 0) is 11.3 Å². The first-order chi connectivity index (χ1) is 12.2. The zero-order chi connectivity index (χ0) is 17.4. The zero-order valence-electron chi connectivity index (χ0n) is 14.5. The summed E-state index contributed by atoms with van der Waals surface area (Å²) in [6.45, 7) is 0.555. The summed E-state index contributed by atoms with van der Waals surface area (Å²) in [6, 6.07) is 8.16. The van der Waals surface area contributed by atoms with Gasteiger partial charge in [-0.2, -0.15) is 0 Å². The molecule has 1 amide bonds. The van der Waals surface area contributed by atoms with Crippen LogP contribution in [-0.4, -0.2) is 28.9 Å². The second-order valence-corrected chi connectivity index (χ2v) is 7.53. The maximum Gasteiger partial charge on any atom is 0.226 e. The largest absolute Gasteiger partial charge is 0.497 e. The maximum atomic E-state index is 12.8. The van der Waals surface area contributed by atoms with E-state index in [0.29, 0.717) is 23.6 Å². The smallest absolute Gasteiger partial charge is 0.226 e. The Bertz CT molecular complexity index is 798. The fourth-order valence-electron chi connectivity index (χ4n) is 3.76. The minimum atomic E-state index is 0.230. The fraction of sp³-hybridized carbons (Fsp3) is 0.500. The lowest BCUT2D eigenvalue weighted by Crippen LogP contribution is -2.39. The Kier molecular flexibility index (Phi) is 4.55. The van der Waals surface area contributed by atoms with Gasteiger partial charge < -0.3 is 9.64 Å². The van der Waals surface area contributed by atoms with E-state index >= 15 is 0 Å². The summed E-state index contributed by atoms with van der Waals surface area (Å²) in [4.78, 5) is 19.4. The molecule has 0 spiro atoms. The normalized spacial score (nSPS) is 17.8. The third-order valence-corrected chi connectivity index (χ3v) is 5.69. The van der Waals surface area contributed by atoms with Gasteiger partial charge in [-0.05, 0) is 49.9 Å². The number of pyridine rings is 1. The number of carbonyl (C=O) groups excluding carboxylic acids is 1. The number of fused-ring (bicyclic) bond motifs is 1.